The molecule has 3 rings (SSSR count). The third-order valence-electron chi connectivity index (χ3n) is 5.02. The molecule has 22 heavy (non-hydrogen) atoms. The zero-order valence-corrected chi connectivity index (χ0v) is 13.7. The molecule has 0 spiro atoms. The Labute approximate surface area is 135 Å². The highest BCUT2D eigenvalue weighted by molar-refractivity contribution is 7.10. The van der Waals surface area contributed by atoms with Gasteiger partial charge in [-0.25, -0.2) is 4.79 Å². The first-order valence-corrected chi connectivity index (χ1v) is 9.26. The minimum Gasteiger partial charge on any atom is -0.319 e. The van der Waals surface area contributed by atoms with Crippen molar-refractivity contribution in [3.8, 4) is 0 Å². The van der Waals surface area contributed by atoms with Gasteiger partial charge in [-0.2, -0.15) is 0 Å². The minimum absolute atomic E-state index is 0.197. The number of thiophene rings is 1. The first-order valence-electron chi connectivity index (χ1n) is 8.38. The number of carbonyl (C=O) groups is 2. The van der Waals surface area contributed by atoms with E-state index in [2.05, 4.69) is 10.6 Å². The molecule has 2 heterocycles. The zero-order chi connectivity index (χ0) is 15.4. The number of urea groups is 1. The summed E-state index contributed by atoms with van der Waals surface area (Å²) in [5.41, 5.74) is -0.836. The Kier molecular flexibility index (Phi) is 4.81. The van der Waals surface area contributed by atoms with Crippen molar-refractivity contribution in [1.82, 2.24) is 10.6 Å². The van der Waals surface area contributed by atoms with Crippen LogP contribution in [0.25, 0.3) is 0 Å². The summed E-state index contributed by atoms with van der Waals surface area (Å²) in [5, 5.41) is 7.23. The van der Waals surface area contributed by atoms with E-state index in [0.29, 0.717) is 6.42 Å². The molecule has 2 aliphatic rings. The van der Waals surface area contributed by atoms with Crippen LogP contribution >= 0.6 is 11.3 Å². The minimum atomic E-state index is -0.836. The lowest BCUT2D eigenvalue weighted by atomic mass is 9.84. The monoisotopic (exact) mass is 320 g/mol. The summed E-state index contributed by atoms with van der Waals surface area (Å²) in [7, 11) is 0. The van der Waals surface area contributed by atoms with Gasteiger partial charge in [-0.15, -0.1) is 11.3 Å². The van der Waals surface area contributed by atoms with Gasteiger partial charge in [0, 0.05) is 4.88 Å². The van der Waals surface area contributed by atoms with E-state index in [1.807, 2.05) is 17.5 Å². The molecule has 1 unspecified atom stereocenters. The summed E-state index contributed by atoms with van der Waals surface area (Å²) in [4.78, 5) is 24.9. The molecule has 1 saturated carbocycles. The van der Waals surface area contributed by atoms with Crippen molar-refractivity contribution < 1.29 is 9.59 Å². The topological polar surface area (TPSA) is 58.2 Å². The second-order valence-corrected chi connectivity index (χ2v) is 7.49. The van der Waals surface area contributed by atoms with Crippen LogP contribution in [0.1, 0.15) is 62.7 Å². The van der Waals surface area contributed by atoms with Gasteiger partial charge in [0.15, 0.2) is 5.54 Å². The van der Waals surface area contributed by atoms with Crippen molar-refractivity contribution in [2.75, 3.05) is 0 Å². The summed E-state index contributed by atoms with van der Waals surface area (Å²) in [6.07, 6.45) is 11.0. The Hall–Kier alpha value is -1.36. The number of carbonyl (C=O) groups excluding carboxylic acids is 2. The lowest BCUT2D eigenvalue weighted by Gasteiger charge is -2.26. The van der Waals surface area contributed by atoms with E-state index in [1.165, 1.54) is 49.9 Å². The number of hydrogen-bond acceptors (Lipinski definition) is 3. The maximum atomic E-state index is 12.3. The molecular weight excluding hydrogens is 296 g/mol. The van der Waals surface area contributed by atoms with E-state index in [4.69, 9.17) is 0 Å². The molecule has 5 heteroatoms. The predicted octanol–water partition coefficient (Wildman–Crippen LogP) is 3.92. The van der Waals surface area contributed by atoms with Gasteiger partial charge < -0.3 is 5.32 Å². The fourth-order valence-electron chi connectivity index (χ4n) is 3.78. The number of amides is 3. The summed E-state index contributed by atoms with van der Waals surface area (Å²) < 4.78 is 0. The third-order valence-corrected chi connectivity index (χ3v) is 6.05. The van der Waals surface area contributed by atoms with E-state index in [9.17, 15) is 9.59 Å². The highest BCUT2D eigenvalue weighted by Crippen LogP contribution is 2.35. The molecule has 1 aliphatic carbocycles. The van der Waals surface area contributed by atoms with Gasteiger partial charge in [-0.3, -0.25) is 10.1 Å². The number of hydrogen-bond donors (Lipinski definition) is 2. The van der Waals surface area contributed by atoms with Crippen LogP contribution in [-0.2, 0) is 10.3 Å². The van der Waals surface area contributed by atoms with Crippen molar-refractivity contribution >= 4 is 23.3 Å². The van der Waals surface area contributed by atoms with E-state index in [-0.39, 0.29) is 11.9 Å². The smallest absolute Gasteiger partial charge is 0.319 e. The molecule has 1 aromatic rings. The summed E-state index contributed by atoms with van der Waals surface area (Å²) in [6, 6.07) is 3.50. The molecule has 2 N–H and O–H groups in total. The summed E-state index contributed by atoms with van der Waals surface area (Å²) in [5.74, 6) is 0.677. The van der Waals surface area contributed by atoms with Gasteiger partial charge in [0.2, 0.25) is 0 Å². The molecule has 1 aliphatic heterocycles. The molecule has 0 bridgehead atoms. The van der Waals surface area contributed by atoms with Gasteiger partial charge in [0.25, 0.3) is 5.91 Å². The van der Waals surface area contributed by atoms with Crippen LogP contribution in [0, 0.1) is 5.92 Å². The van der Waals surface area contributed by atoms with Crippen molar-refractivity contribution in [3.63, 3.8) is 0 Å². The fraction of sp³-hybridized carbons (Fsp3) is 0.647. The normalized spacial score (nSPS) is 26.0. The van der Waals surface area contributed by atoms with Gasteiger partial charge in [0.1, 0.15) is 0 Å². The second kappa shape index (κ2) is 6.82. The van der Waals surface area contributed by atoms with Crippen LogP contribution in [0.4, 0.5) is 4.79 Å². The standard InChI is InChI=1S/C17H24N2O2S/c20-15-17(19-16(21)18-15,14-10-6-12-22-14)11-5-4-9-13-7-2-1-3-8-13/h6,10,12-13H,1-5,7-9,11H2,(H2,18,19,20,21). The highest BCUT2D eigenvalue weighted by atomic mass is 32.1. The number of nitrogens with one attached hydrogen (secondary N) is 2. The van der Waals surface area contributed by atoms with E-state index in [0.717, 1.165) is 23.6 Å². The van der Waals surface area contributed by atoms with Crippen LogP contribution in [0.5, 0.6) is 0 Å². The van der Waals surface area contributed by atoms with Crippen LogP contribution in [0.3, 0.4) is 0 Å². The molecule has 1 atom stereocenters. The number of rotatable bonds is 6. The molecule has 1 saturated heterocycles. The molecule has 0 radical (unpaired) electrons. The SMILES string of the molecule is O=C1NC(=O)C(CCCCC2CCCCC2)(c2cccs2)N1. The lowest BCUT2D eigenvalue weighted by molar-refractivity contribution is -0.124. The maximum absolute atomic E-state index is 12.3. The van der Waals surface area contributed by atoms with Crippen LogP contribution in [0.2, 0.25) is 0 Å². The van der Waals surface area contributed by atoms with Gasteiger partial charge >= 0.3 is 6.03 Å². The first-order chi connectivity index (χ1) is 10.7. The van der Waals surface area contributed by atoms with Crippen molar-refractivity contribution in [2.45, 2.75) is 63.3 Å². The Morgan fingerprint density at radius 1 is 1.18 bits per heavy atom. The zero-order valence-electron chi connectivity index (χ0n) is 12.9. The van der Waals surface area contributed by atoms with E-state index < -0.39 is 5.54 Å². The Morgan fingerprint density at radius 2 is 2.00 bits per heavy atom. The van der Waals surface area contributed by atoms with E-state index in [1.54, 1.807) is 0 Å². The van der Waals surface area contributed by atoms with Crippen molar-refractivity contribution in [2.24, 2.45) is 5.92 Å². The highest BCUT2D eigenvalue weighted by Gasteiger charge is 2.47. The largest absolute Gasteiger partial charge is 0.322 e. The predicted molar refractivity (Wildman–Crippen MR) is 87.7 cm³/mol. The molecule has 2 fully saturated rings. The number of unbranched alkanes of at least 4 members (excludes halogenated alkanes) is 1. The van der Waals surface area contributed by atoms with Crippen LogP contribution < -0.4 is 10.6 Å². The average Bonchev–Trinajstić information content (AvgIpc) is 3.14. The molecule has 0 aromatic carbocycles. The molecule has 1 aromatic heterocycles. The average molecular weight is 320 g/mol. The second-order valence-electron chi connectivity index (χ2n) is 6.54. The van der Waals surface area contributed by atoms with Crippen molar-refractivity contribution in [3.05, 3.63) is 22.4 Å². The van der Waals surface area contributed by atoms with Gasteiger partial charge in [-0.1, -0.05) is 57.4 Å². The summed E-state index contributed by atoms with van der Waals surface area (Å²) in [6.45, 7) is 0. The third kappa shape index (κ3) is 3.19. The maximum Gasteiger partial charge on any atom is 0.322 e. The molecule has 120 valence electrons. The van der Waals surface area contributed by atoms with Gasteiger partial charge in [-0.05, 0) is 23.8 Å². The van der Waals surface area contributed by atoms with Crippen molar-refractivity contribution in [1.29, 1.82) is 0 Å². The molecular formula is C17H24N2O2S. The first kappa shape index (κ1) is 15.5. The lowest BCUT2D eigenvalue weighted by Crippen LogP contribution is -2.43. The van der Waals surface area contributed by atoms with Gasteiger partial charge in [0.05, 0.1) is 0 Å². The quantitative estimate of drug-likeness (QED) is 0.616. The van der Waals surface area contributed by atoms with E-state index >= 15 is 0 Å². The van der Waals surface area contributed by atoms with Crippen LogP contribution in [-0.4, -0.2) is 11.9 Å². The Bertz CT molecular complexity index is 523. The molecule has 4 nitrogen and oxygen atoms in total. The molecule has 3 amide bonds. The fourth-order valence-corrected chi connectivity index (χ4v) is 4.69. The number of imide groups is 1. The Balaban J connectivity index is 1.57. The van der Waals surface area contributed by atoms with Crippen LogP contribution in [0.15, 0.2) is 17.5 Å². The summed E-state index contributed by atoms with van der Waals surface area (Å²) >= 11 is 1.54. The Morgan fingerprint density at radius 3 is 2.64 bits per heavy atom.